The number of nitrogens with one attached hydrogen (secondary N) is 3. The molecule has 142 valence electrons. The number of benzene rings is 1. The van der Waals surface area contributed by atoms with Crippen LogP contribution in [0.15, 0.2) is 30.3 Å². The van der Waals surface area contributed by atoms with Gasteiger partial charge in [-0.15, -0.1) is 0 Å². The maximum Gasteiger partial charge on any atom is 0.255 e. The molecule has 0 spiro atoms. The molecule has 0 saturated heterocycles. The number of primary amides is 1. The van der Waals surface area contributed by atoms with E-state index >= 15 is 0 Å². The molecule has 0 bridgehead atoms. The highest BCUT2D eigenvalue weighted by Gasteiger charge is 2.26. The number of hydrogen-bond donors (Lipinski definition) is 4. The Morgan fingerprint density at radius 1 is 1.33 bits per heavy atom. The number of hydrogen-bond acceptors (Lipinski definition) is 5. The fraction of sp³-hybridized carbons (Fsp3) is 0.350. The third-order valence-electron chi connectivity index (χ3n) is 4.42. The fourth-order valence-electron chi connectivity index (χ4n) is 3.17. The Kier molecular flexibility index (Phi) is 5.30. The molecule has 0 unspecified atom stereocenters. The summed E-state index contributed by atoms with van der Waals surface area (Å²) in [5, 5.41) is 9.18. The molecule has 0 radical (unpaired) electrons. The molecule has 0 saturated carbocycles. The van der Waals surface area contributed by atoms with Crippen molar-refractivity contribution >= 4 is 29.1 Å². The minimum atomic E-state index is -0.521. The molecule has 7 nitrogen and oxygen atoms in total. The standard InChI is InChI=1S/C20H25N5O2/c1-11(2)7-15(18(21)26)24-16-9-13-10-22-20(27)17(13)19(25-16)23-14-6-4-5-12(3)8-14/h4-6,8-9,11,15H,7,10H2,1-3H3,(H2,21,26)(H,22,27)(H2,23,24,25)/t15-/m1/s1. The van der Waals surface area contributed by atoms with E-state index in [1.165, 1.54) is 0 Å². The smallest absolute Gasteiger partial charge is 0.255 e. The highest BCUT2D eigenvalue weighted by molar-refractivity contribution is 6.03. The van der Waals surface area contributed by atoms with Gasteiger partial charge in [-0.05, 0) is 48.6 Å². The van der Waals surface area contributed by atoms with Crippen LogP contribution in [-0.2, 0) is 11.3 Å². The maximum atomic E-state index is 12.2. The van der Waals surface area contributed by atoms with E-state index in [0.717, 1.165) is 16.8 Å². The van der Waals surface area contributed by atoms with E-state index in [2.05, 4.69) is 20.9 Å². The largest absolute Gasteiger partial charge is 0.368 e. The summed E-state index contributed by atoms with van der Waals surface area (Å²) in [6.07, 6.45) is 0.603. The third kappa shape index (κ3) is 4.36. The molecular weight excluding hydrogens is 342 g/mol. The Morgan fingerprint density at radius 3 is 2.78 bits per heavy atom. The van der Waals surface area contributed by atoms with Gasteiger partial charge in [0.15, 0.2) is 0 Å². The Hall–Kier alpha value is -3.09. The molecule has 2 amide bonds. The van der Waals surface area contributed by atoms with E-state index in [1.807, 2.05) is 45.0 Å². The van der Waals surface area contributed by atoms with Crippen LogP contribution >= 0.6 is 0 Å². The molecule has 1 aromatic heterocycles. The SMILES string of the molecule is Cc1cccc(Nc2nc(N[C@H](CC(C)C)C(N)=O)cc3c2C(=O)NC3)c1. The highest BCUT2D eigenvalue weighted by atomic mass is 16.2. The summed E-state index contributed by atoms with van der Waals surface area (Å²) in [6.45, 7) is 6.48. The van der Waals surface area contributed by atoms with E-state index in [-0.39, 0.29) is 5.91 Å². The molecule has 1 aromatic carbocycles. The zero-order valence-electron chi connectivity index (χ0n) is 15.8. The van der Waals surface area contributed by atoms with Gasteiger partial charge in [0, 0.05) is 12.2 Å². The van der Waals surface area contributed by atoms with Crippen LogP contribution in [0.5, 0.6) is 0 Å². The van der Waals surface area contributed by atoms with E-state index < -0.39 is 11.9 Å². The number of amides is 2. The van der Waals surface area contributed by atoms with Gasteiger partial charge in [0.2, 0.25) is 5.91 Å². The first-order valence-corrected chi connectivity index (χ1v) is 9.05. The molecule has 3 rings (SSSR count). The Labute approximate surface area is 158 Å². The van der Waals surface area contributed by atoms with Gasteiger partial charge in [-0.1, -0.05) is 26.0 Å². The van der Waals surface area contributed by atoms with Gasteiger partial charge in [-0.3, -0.25) is 9.59 Å². The van der Waals surface area contributed by atoms with Gasteiger partial charge in [0.1, 0.15) is 17.7 Å². The number of aromatic nitrogens is 1. The lowest BCUT2D eigenvalue weighted by atomic mass is 10.0. The summed E-state index contributed by atoms with van der Waals surface area (Å²) in [7, 11) is 0. The molecule has 1 aliphatic rings. The van der Waals surface area contributed by atoms with E-state index in [9.17, 15) is 9.59 Å². The van der Waals surface area contributed by atoms with Gasteiger partial charge < -0.3 is 21.7 Å². The van der Waals surface area contributed by atoms with Crippen LogP contribution in [-0.4, -0.2) is 22.8 Å². The summed E-state index contributed by atoms with van der Waals surface area (Å²) >= 11 is 0. The molecule has 27 heavy (non-hydrogen) atoms. The molecule has 5 N–H and O–H groups in total. The summed E-state index contributed by atoms with van der Waals surface area (Å²) in [4.78, 5) is 28.6. The molecular formula is C20H25N5O2. The molecule has 7 heteroatoms. The molecule has 1 aliphatic heterocycles. The van der Waals surface area contributed by atoms with Crippen LogP contribution in [0.2, 0.25) is 0 Å². The lowest BCUT2D eigenvalue weighted by Crippen LogP contribution is -2.36. The quantitative estimate of drug-likeness (QED) is 0.602. The minimum Gasteiger partial charge on any atom is -0.368 e. The minimum absolute atomic E-state index is 0.159. The zero-order valence-corrected chi connectivity index (χ0v) is 15.8. The van der Waals surface area contributed by atoms with Gasteiger partial charge in [0.25, 0.3) is 5.91 Å². The van der Waals surface area contributed by atoms with Crippen molar-refractivity contribution in [2.24, 2.45) is 11.7 Å². The summed E-state index contributed by atoms with van der Waals surface area (Å²) < 4.78 is 0. The second-order valence-electron chi connectivity index (χ2n) is 7.30. The number of pyridine rings is 1. The van der Waals surface area contributed by atoms with Crippen molar-refractivity contribution in [2.45, 2.75) is 39.8 Å². The Bertz CT molecular complexity index is 879. The second-order valence-corrected chi connectivity index (χ2v) is 7.30. The molecule has 2 heterocycles. The lowest BCUT2D eigenvalue weighted by Gasteiger charge is -2.19. The van der Waals surface area contributed by atoms with Gasteiger partial charge in [-0.2, -0.15) is 0 Å². The first-order valence-electron chi connectivity index (χ1n) is 9.05. The average molecular weight is 367 g/mol. The Balaban J connectivity index is 1.95. The van der Waals surface area contributed by atoms with Gasteiger partial charge >= 0.3 is 0 Å². The monoisotopic (exact) mass is 367 g/mol. The first-order chi connectivity index (χ1) is 12.8. The summed E-state index contributed by atoms with van der Waals surface area (Å²) in [5.74, 6) is 0.701. The number of nitrogens with two attached hydrogens (primary N) is 1. The van der Waals surface area contributed by atoms with Crippen LogP contribution in [0.3, 0.4) is 0 Å². The van der Waals surface area contributed by atoms with Crippen molar-refractivity contribution in [3.63, 3.8) is 0 Å². The van der Waals surface area contributed by atoms with Crippen molar-refractivity contribution < 1.29 is 9.59 Å². The highest BCUT2D eigenvalue weighted by Crippen LogP contribution is 2.29. The molecule has 0 fully saturated rings. The van der Waals surface area contributed by atoms with Gasteiger partial charge in [-0.25, -0.2) is 4.98 Å². The predicted molar refractivity (Wildman–Crippen MR) is 106 cm³/mol. The number of anilines is 3. The van der Waals surface area contributed by atoms with Crippen molar-refractivity contribution in [3.05, 3.63) is 47.0 Å². The molecule has 2 aromatic rings. The van der Waals surface area contributed by atoms with Crippen LogP contribution in [0.25, 0.3) is 0 Å². The number of rotatable bonds is 7. The maximum absolute atomic E-state index is 12.2. The van der Waals surface area contributed by atoms with Crippen molar-refractivity contribution in [2.75, 3.05) is 10.6 Å². The van der Waals surface area contributed by atoms with Crippen LogP contribution in [0.4, 0.5) is 17.3 Å². The number of fused-ring (bicyclic) bond motifs is 1. The average Bonchev–Trinajstić information content (AvgIpc) is 2.95. The Morgan fingerprint density at radius 2 is 2.11 bits per heavy atom. The second kappa shape index (κ2) is 7.65. The molecule has 1 atom stereocenters. The van der Waals surface area contributed by atoms with Crippen LogP contribution in [0.1, 0.15) is 41.8 Å². The summed E-state index contributed by atoms with van der Waals surface area (Å²) in [6, 6.07) is 9.10. The van der Waals surface area contributed by atoms with Crippen LogP contribution in [0, 0.1) is 12.8 Å². The van der Waals surface area contributed by atoms with E-state index in [4.69, 9.17) is 5.73 Å². The topological polar surface area (TPSA) is 109 Å². The molecule has 0 aliphatic carbocycles. The lowest BCUT2D eigenvalue weighted by molar-refractivity contribution is -0.119. The normalized spacial score (nSPS) is 13.9. The van der Waals surface area contributed by atoms with Crippen LogP contribution < -0.4 is 21.7 Å². The zero-order chi connectivity index (χ0) is 19.6. The number of carbonyl (C=O) groups excluding carboxylic acids is 2. The van der Waals surface area contributed by atoms with E-state index in [1.54, 1.807) is 6.07 Å². The number of nitrogens with zero attached hydrogens (tertiary/aromatic N) is 1. The first kappa shape index (κ1) is 18.7. The fourth-order valence-corrected chi connectivity index (χ4v) is 3.17. The summed E-state index contributed by atoms with van der Waals surface area (Å²) in [5.41, 5.74) is 8.84. The van der Waals surface area contributed by atoms with Crippen molar-refractivity contribution in [1.82, 2.24) is 10.3 Å². The number of aryl methyl sites for hydroxylation is 1. The number of carbonyl (C=O) groups is 2. The predicted octanol–water partition coefficient (Wildman–Crippen LogP) is 2.69. The van der Waals surface area contributed by atoms with Crippen molar-refractivity contribution in [3.8, 4) is 0 Å². The van der Waals surface area contributed by atoms with E-state index in [0.29, 0.717) is 36.1 Å². The van der Waals surface area contributed by atoms with Crippen molar-refractivity contribution in [1.29, 1.82) is 0 Å². The third-order valence-corrected chi connectivity index (χ3v) is 4.42. The van der Waals surface area contributed by atoms with Gasteiger partial charge in [0.05, 0.1) is 5.56 Å².